The van der Waals surface area contributed by atoms with Gasteiger partial charge in [0.25, 0.3) is 0 Å². The Hall–Kier alpha value is -5.64. The van der Waals surface area contributed by atoms with Crippen molar-refractivity contribution in [1.29, 1.82) is 0 Å². The molecule has 16 heteroatoms. The molecule has 47 heavy (non-hydrogen) atoms. The summed E-state index contributed by atoms with van der Waals surface area (Å²) in [5.74, 6) is -5.07. The molecule has 16 nitrogen and oxygen atoms in total. The molecule has 0 fully saturated rings. The number of hydrogen-bond acceptors (Lipinski definition) is 8. The van der Waals surface area contributed by atoms with Crippen LogP contribution in [0.3, 0.4) is 0 Å². The molecule has 0 saturated heterocycles. The van der Waals surface area contributed by atoms with E-state index in [0.29, 0.717) is 17.5 Å². The first kappa shape index (κ1) is 35.8. The lowest BCUT2D eigenvalue weighted by Gasteiger charge is -2.25. The van der Waals surface area contributed by atoms with E-state index in [1.165, 1.54) is 12.1 Å². The number of carboxylic acids is 2. The van der Waals surface area contributed by atoms with Gasteiger partial charge in [0.1, 0.15) is 23.9 Å². The van der Waals surface area contributed by atoms with Gasteiger partial charge in [-0.3, -0.25) is 24.2 Å². The number of aromatic amines is 1. The highest BCUT2D eigenvalue weighted by Gasteiger charge is 2.31. The first-order valence-corrected chi connectivity index (χ1v) is 14.8. The Morgan fingerprint density at radius 3 is 2.06 bits per heavy atom. The SMILES string of the molecule is NC(N)=NCCCC(N)C(=O)NC(Cc1ccc(O)cc1)C(=O)NC(Cc1c[nH]c2ccccc12)C(=O)NC(CCC(=O)O)C(=O)O. The molecule has 0 radical (unpaired) electrons. The van der Waals surface area contributed by atoms with E-state index < -0.39 is 60.2 Å². The van der Waals surface area contributed by atoms with E-state index in [1.807, 2.05) is 18.2 Å². The average Bonchev–Trinajstić information content (AvgIpc) is 3.43. The van der Waals surface area contributed by atoms with Gasteiger partial charge in [0, 0.05) is 42.9 Å². The molecule has 0 spiro atoms. The van der Waals surface area contributed by atoms with Gasteiger partial charge in [-0.1, -0.05) is 30.3 Å². The number of H-pyrrole nitrogens is 1. The zero-order chi connectivity index (χ0) is 34.5. The van der Waals surface area contributed by atoms with Crippen LogP contribution < -0.4 is 33.2 Å². The maximum Gasteiger partial charge on any atom is 0.326 e. The van der Waals surface area contributed by atoms with Crippen LogP contribution in [0.15, 0.2) is 59.7 Å². The van der Waals surface area contributed by atoms with E-state index in [1.54, 1.807) is 24.4 Å². The average molecular weight is 653 g/mol. The molecule has 0 saturated carbocycles. The molecule has 2 aromatic carbocycles. The maximum atomic E-state index is 13.8. The lowest BCUT2D eigenvalue weighted by Crippen LogP contribution is -2.58. The molecule has 3 rings (SSSR count). The Morgan fingerprint density at radius 2 is 1.43 bits per heavy atom. The fourth-order valence-corrected chi connectivity index (χ4v) is 4.81. The summed E-state index contributed by atoms with van der Waals surface area (Å²) in [4.78, 5) is 70.2. The summed E-state index contributed by atoms with van der Waals surface area (Å²) >= 11 is 0. The summed E-state index contributed by atoms with van der Waals surface area (Å²) in [6.07, 6.45) is 1.24. The molecule has 3 aromatic rings. The Labute approximate surface area is 269 Å². The highest BCUT2D eigenvalue weighted by molar-refractivity contribution is 5.95. The summed E-state index contributed by atoms with van der Waals surface area (Å²) in [5.41, 5.74) is 18.7. The van der Waals surface area contributed by atoms with Crippen LogP contribution >= 0.6 is 0 Å². The number of nitrogens with one attached hydrogen (secondary N) is 4. The standard InChI is InChI=1S/C31H40N8O8/c32-21(5-3-13-35-31(33)34)27(43)38-24(14-17-7-9-19(40)10-8-17)28(44)39-25(15-18-16-36-22-6-2-1-4-20(18)22)29(45)37-23(30(46)47)11-12-26(41)42/h1-2,4,6-10,16,21,23-25,36,40H,3,5,11-15,32H2,(H,37,45)(H,38,43)(H,39,44)(H,41,42)(H,46,47)(H4,33,34,35). The first-order valence-electron chi connectivity index (χ1n) is 14.8. The predicted molar refractivity (Wildman–Crippen MR) is 172 cm³/mol. The van der Waals surface area contributed by atoms with Crippen molar-refractivity contribution < 1.29 is 39.3 Å². The Kier molecular flexibility index (Phi) is 13.1. The largest absolute Gasteiger partial charge is 0.508 e. The number of guanidine groups is 1. The third kappa shape index (κ3) is 11.3. The number of fused-ring (bicyclic) bond motifs is 1. The second-order valence-electron chi connectivity index (χ2n) is 10.9. The molecule has 0 aliphatic heterocycles. The van der Waals surface area contributed by atoms with E-state index in [4.69, 9.17) is 22.3 Å². The molecule has 252 valence electrons. The number of aromatic hydroxyl groups is 1. The quantitative estimate of drug-likeness (QED) is 0.0472. The van der Waals surface area contributed by atoms with Crippen molar-refractivity contribution >= 4 is 46.5 Å². The minimum Gasteiger partial charge on any atom is -0.508 e. The van der Waals surface area contributed by atoms with Crippen molar-refractivity contribution in [2.24, 2.45) is 22.2 Å². The van der Waals surface area contributed by atoms with Gasteiger partial charge >= 0.3 is 11.9 Å². The molecule has 1 heterocycles. The molecule has 0 aliphatic rings. The summed E-state index contributed by atoms with van der Waals surface area (Å²) in [7, 11) is 0. The topological polar surface area (TPSA) is 288 Å². The molecular weight excluding hydrogens is 612 g/mol. The van der Waals surface area contributed by atoms with E-state index >= 15 is 0 Å². The van der Waals surface area contributed by atoms with Crippen molar-refractivity contribution in [3.05, 3.63) is 65.9 Å². The van der Waals surface area contributed by atoms with Crippen LogP contribution in [0.4, 0.5) is 0 Å². The van der Waals surface area contributed by atoms with Crippen LogP contribution in [-0.2, 0) is 36.8 Å². The Bertz CT molecular complexity index is 1590. The van der Waals surface area contributed by atoms with Crippen molar-refractivity contribution in [3.8, 4) is 5.75 Å². The third-order valence-corrected chi connectivity index (χ3v) is 7.31. The molecule has 4 unspecified atom stereocenters. The number of carbonyl (C=O) groups is 5. The third-order valence-electron chi connectivity index (χ3n) is 7.31. The smallest absolute Gasteiger partial charge is 0.326 e. The second kappa shape index (κ2) is 17.2. The van der Waals surface area contributed by atoms with E-state index in [9.17, 15) is 34.2 Å². The number of aliphatic carboxylic acids is 2. The van der Waals surface area contributed by atoms with Crippen LogP contribution in [0.2, 0.25) is 0 Å². The van der Waals surface area contributed by atoms with Gasteiger partial charge in [0.05, 0.1) is 6.04 Å². The number of para-hydroxylation sites is 1. The predicted octanol–water partition coefficient (Wildman–Crippen LogP) is -0.557. The molecular formula is C31H40N8O8. The van der Waals surface area contributed by atoms with E-state index in [0.717, 1.165) is 10.9 Å². The molecule has 0 bridgehead atoms. The highest BCUT2D eigenvalue weighted by atomic mass is 16.4. The van der Waals surface area contributed by atoms with Crippen molar-refractivity contribution in [3.63, 3.8) is 0 Å². The molecule has 0 aliphatic carbocycles. The number of hydrogen-bond donors (Lipinski definition) is 10. The molecule has 13 N–H and O–H groups in total. The summed E-state index contributed by atoms with van der Waals surface area (Å²) < 4.78 is 0. The number of nitrogens with two attached hydrogens (primary N) is 3. The number of benzene rings is 2. The van der Waals surface area contributed by atoms with E-state index in [2.05, 4.69) is 25.9 Å². The second-order valence-corrected chi connectivity index (χ2v) is 10.9. The van der Waals surface area contributed by atoms with Crippen LogP contribution in [-0.4, -0.2) is 86.6 Å². The minimum atomic E-state index is -1.54. The van der Waals surface area contributed by atoms with Crippen molar-refractivity contribution in [2.75, 3.05) is 6.54 Å². The lowest BCUT2D eigenvalue weighted by molar-refractivity contribution is -0.143. The summed E-state index contributed by atoms with van der Waals surface area (Å²) in [5, 5.41) is 36.7. The first-order chi connectivity index (χ1) is 22.3. The van der Waals surface area contributed by atoms with Crippen molar-refractivity contribution in [2.45, 2.75) is 62.7 Å². The molecule has 3 amide bonds. The monoisotopic (exact) mass is 652 g/mol. The van der Waals surface area contributed by atoms with Crippen LogP contribution in [0.1, 0.15) is 36.8 Å². The van der Waals surface area contributed by atoms with Gasteiger partial charge in [0.2, 0.25) is 17.7 Å². The van der Waals surface area contributed by atoms with Crippen LogP contribution in [0.25, 0.3) is 10.9 Å². The summed E-state index contributed by atoms with van der Waals surface area (Å²) in [6.45, 7) is 0.245. The number of aromatic nitrogens is 1. The van der Waals surface area contributed by atoms with E-state index in [-0.39, 0.29) is 43.9 Å². The fraction of sp³-hybridized carbons (Fsp3) is 0.355. The number of phenolic OH excluding ortho intramolecular Hbond substituents is 1. The normalized spacial score (nSPS) is 13.5. The number of nitrogens with zero attached hydrogens (tertiary/aromatic N) is 1. The lowest BCUT2D eigenvalue weighted by atomic mass is 10.0. The number of aliphatic imine (C=N–C) groups is 1. The van der Waals surface area contributed by atoms with Gasteiger partial charge < -0.3 is 53.5 Å². The van der Waals surface area contributed by atoms with Gasteiger partial charge in [-0.25, -0.2) is 4.79 Å². The number of carboxylic acid groups (broad SMARTS) is 2. The zero-order valence-electron chi connectivity index (χ0n) is 25.5. The van der Waals surface area contributed by atoms with Gasteiger partial charge in [-0.15, -0.1) is 0 Å². The number of phenols is 1. The Balaban J connectivity index is 1.87. The molecule has 4 atom stereocenters. The fourth-order valence-electron chi connectivity index (χ4n) is 4.81. The van der Waals surface area contributed by atoms with Gasteiger partial charge in [-0.2, -0.15) is 0 Å². The highest BCUT2D eigenvalue weighted by Crippen LogP contribution is 2.20. The van der Waals surface area contributed by atoms with Gasteiger partial charge in [0.15, 0.2) is 5.96 Å². The van der Waals surface area contributed by atoms with Crippen molar-refractivity contribution in [1.82, 2.24) is 20.9 Å². The summed E-state index contributed by atoms with van der Waals surface area (Å²) in [6, 6.07) is 8.07. The number of amides is 3. The zero-order valence-corrected chi connectivity index (χ0v) is 25.5. The molecule has 1 aromatic heterocycles. The van der Waals surface area contributed by atoms with Crippen LogP contribution in [0.5, 0.6) is 5.75 Å². The number of carbonyl (C=O) groups excluding carboxylic acids is 3. The maximum absolute atomic E-state index is 13.8. The Morgan fingerprint density at radius 1 is 0.809 bits per heavy atom. The van der Waals surface area contributed by atoms with Gasteiger partial charge in [-0.05, 0) is 48.6 Å². The minimum absolute atomic E-state index is 0.00655. The number of rotatable bonds is 18. The van der Waals surface area contributed by atoms with Crippen LogP contribution in [0, 0.1) is 0 Å².